The number of anilines is 9. The highest BCUT2D eigenvalue weighted by atomic mass is 15.2. The highest BCUT2D eigenvalue weighted by molar-refractivity contribution is 7.00. The number of aromatic nitrogens is 1. The van der Waals surface area contributed by atoms with E-state index in [1.807, 2.05) is 0 Å². The molecule has 426 valence electrons. The maximum Gasteiger partial charge on any atom is 0.252 e. The van der Waals surface area contributed by atoms with Gasteiger partial charge in [0.15, 0.2) is 0 Å². The summed E-state index contributed by atoms with van der Waals surface area (Å²) < 4.78 is 2.45. The molecule has 16 rings (SSSR count). The second-order valence-corrected chi connectivity index (χ2v) is 30.6. The Morgan fingerprint density at radius 1 is 0.376 bits per heavy atom. The highest BCUT2D eigenvalue weighted by Crippen LogP contribution is 2.62. The first kappa shape index (κ1) is 53.9. The predicted molar refractivity (Wildman–Crippen MR) is 364 cm³/mol. The lowest BCUT2D eigenvalue weighted by Gasteiger charge is -2.57. The molecule has 4 saturated carbocycles. The van der Waals surface area contributed by atoms with Crippen LogP contribution in [0.2, 0.25) is 0 Å². The lowest BCUT2D eigenvalue weighted by Crippen LogP contribution is -2.61. The lowest BCUT2D eigenvalue weighted by atomic mass is 9.33. The van der Waals surface area contributed by atoms with Gasteiger partial charge in [-0.15, -0.1) is 0 Å². The Balaban J connectivity index is 1.01. The fourth-order valence-electron chi connectivity index (χ4n) is 16.6. The van der Waals surface area contributed by atoms with Crippen molar-refractivity contribution in [1.82, 2.24) is 4.57 Å². The van der Waals surface area contributed by atoms with Gasteiger partial charge in [-0.1, -0.05) is 180 Å². The number of benzene rings is 9. The summed E-state index contributed by atoms with van der Waals surface area (Å²) in [5, 5.41) is 2.50. The van der Waals surface area contributed by atoms with Crippen LogP contribution in [-0.4, -0.2) is 11.3 Å². The van der Waals surface area contributed by atoms with Crippen LogP contribution in [0, 0.1) is 17.8 Å². The van der Waals surface area contributed by atoms with Gasteiger partial charge in [-0.2, -0.15) is 0 Å². The SMILES string of the molecule is CC(C)(C)c1ccc(N(c2ccc3c(c2)N(c2ccc(C(C)(C)C)cc2)c2cc(C45CC6CC(CC(C6)C4)C5)cc4c2B3c2ccc(C(C)(C)C)cc2N4c2ccc(C(C)(C)C)cc2)c2ccc3c4ccccc4n(-c4ccccc4)c3c2)cc1. The molecule has 0 amide bonds. The van der Waals surface area contributed by atoms with Crippen LogP contribution in [0.3, 0.4) is 0 Å². The Kier molecular flexibility index (Phi) is 12.1. The Morgan fingerprint density at radius 2 is 0.812 bits per heavy atom. The summed E-state index contributed by atoms with van der Waals surface area (Å²) in [5.74, 6) is 2.43. The minimum Gasteiger partial charge on any atom is -0.311 e. The molecule has 1 aromatic heterocycles. The topological polar surface area (TPSA) is 14.7 Å². The minimum absolute atomic E-state index is 0.00318. The maximum absolute atomic E-state index is 2.74. The largest absolute Gasteiger partial charge is 0.311 e. The van der Waals surface area contributed by atoms with Crippen LogP contribution < -0.4 is 31.1 Å². The molecule has 0 radical (unpaired) electrons. The summed E-state index contributed by atoms with van der Waals surface area (Å²) in [6.07, 6.45) is 8.12. The highest BCUT2D eigenvalue weighted by Gasteiger charge is 2.53. The Labute approximate surface area is 506 Å². The minimum atomic E-state index is -0.0499. The molecule has 0 atom stereocenters. The van der Waals surface area contributed by atoms with Gasteiger partial charge in [0, 0.05) is 67.6 Å². The summed E-state index contributed by atoms with van der Waals surface area (Å²) in [6.45, 7) is 28.1. The van der Waals surface area contributed by atoms with E-state index in [2.05, 4.69) is 296 Å². The molecule has 4 fully saturated rings. The van der Waals surface area contributed by atoms with Gasteiger partial charge in [-0.25, -0.2) is 0 Å². The van der Waals surface area contributed by atoms with Crippen molar-refractivity contribution in [3.63, 3.8) is 0 Å². The van der Waals surface area contributed by atoms with Crippen molar-refractivity contribution in [3.05, 3.63) is 222 Å². The lowest BCUT2D eigenvalue weighted by molar-refractivity contribution is -0.00514. The van der Waals surface area contributed by atoms with E-state index in [4.69, 9.17) is 0 Å². The molecule has 4 bridgehead atoms. The number of rotatable bonds is 7. The molecule has 2 aliphatic heterocycles. The normalized spacial score (nSPS) is 19.8. The summed E-state index contributed by atoms with van der Waals surface area (Å²) in [5.41, 5.74) is 25.6. The van der Waals surface area contributed by atoms with Crippen molar-refractivity contribution in [1.29, 1.82) is 0 Å². The zero-order chi connectivity index (χ0) is 58.7. The van der Waals surface area contributed by atoms with Crippen LogP contribution >= 0.6 is 0 Å². The number of hydrogen-bond acceptors (Lipinski definition) is 3. The third kappa shape index (κ3) is 8.91. The molecule has 10 aromatic rings. The first-order valence-electron chi connectivity index (χ1n) is 31.9. The molecule has 9 aromatic carbocycles. The second kappa shape index (κ2) is 19.1. The quantitative estimate of drug-likeness (QED) is 0.148. The summed E-state index contributed by atoms with van der Waals surface area (Å²) in [4.78, 5) is 7.93. The van der Waals surface area contributed by atoms with Gasteiger partial charge in [0.25, 0.3) is 6.71 Å². The third-order valence-electron chi connectivity index (χ3n) is 20.7. The van der Waals surface area contributed by atoms with E-state index >= 15 is 0 Å². The molecular weight excluding hydrogens is 1030 g/mol. The standard InChI is InChI=1S/C80H83BN4/c1-76(2,3)54-22-29-60(30-23-54)82(63-35-37-66-65-20-16-17-21-69(65)83(70(66)46-63)59-18-14-13-15-19-59)64-36-39-68-72(47-64)85(62-33-26-56(27-34-62)78(7,8)9)74-45-58(80-48-51-40-52(49-80)42-53(41-51)50-80)44-73-75(74)81(68)67-38-28-57(79(10,11)12)43-71(67)84(73)61-31-24-55(25-32-61)77(4,5)6/h13-39,43-47,51-53H,40-42,48-50H2,1-12H3. The molecule has 0 unspecified atom stereocenters. The van der Waals surface area contributed by atoms with Gasteiger partial charge in [-0.05, 0) is 225 Å². The number of fused-ring (bicyclic) bond motifs is 7. The zero-order valence-corrected chi connectivity index (χ0v) is 52.3. The van der Waals surface area contributed by atoms with Gasteiger partial charge in [0.2, 0.25) is 0 Å². The van der Waals surface area contributed by atoms with Crippen molar-refractivity contribution in [3.8, 4) is 5.69 Å². The van der Waals surface area contributed by atoms with Crippen molar-refractivity contribution < 1.29 is 0 Å². The Hall–Kier alpha value is -7.76. The summed E-state index contributed by atoms with van der Waals surface area (Å²) in [6, 6.07) is 76.1. The predicted octanol–water partition coefficient (Wildman–Crippen LogP) is 20.0. The van der Waals surface area contributed by atoms with Gasteiger partial charge in [0.05, 0.1) is 11.0 Å². The van der Waals surface area contributed by atoms with E-state index in [0.717, 1.165) is 40.5 Å². The number of nitrogens with zero attached hydrogens (tertiary/aromatic N) is 4. The third-order valence-corrected chi connectivity index (χ3v) is 20.7. The number of para-hydroxylation sites is 2. The molecule has 6 aliphatic rings. The molecular formula is C80H83BN4. The molecule has 4 nitrogen and oxygen atoms in total. The van der Waals surface area contributed by atoms with E-state index in [1.165, 1.54) is 133 Å². The first-order valence-corrected chi connectivity index (χ1v) is 31.9. The van der Waals surface area contributed by atoms with Crippen LogP contribution in [0.15, 0.2) is 194 Å². The first-order chi connectivity index (χ1) is 40.6. The molecule has 0 N–H and O–H groups in total. The van der Waals surface area contributed by atoms with Crippen molar-refractivity contribution in [2.24, 2.45) is 17.8 Å². The van der Waals surface area contributed by atoms with E-state index in [1.54, 1.807) is 5.56 Å². The van der Waals surface area contributed by atoms with Gasteiger partial charge in [-0.3, -0.25) is 0 Å². The van der Waals surface area contributed by atoms with E-state index < -0.39 is 0 Å². The van der Waals surface area contributed by atoms with Gasteiger partial charge < -0.3 is 19.3 Å². The smallest absolute Gasteiger partial charge is 0.252 e. The molecule has 0 saturated heterocycles. The molecule has 4 aliphatic carbocycles. The second-order valence-electron chi connectivity index (χ2n) is 30.6. The fourth-order valence-corrected chi connectivity index (χ4v) is 16.6. The van der Waals surface area contributed by atoms with E-state index in [-0.39, 0.29) is 33.8 Å². The fraction of sp³-hybridized carbons (Fsp3) is 0.325. The van der Waals surface area contributed by atoms with Crippen LogP contribution in [0.4, 0.5) is 51.2 Å². The molecule has 5 heteroatoms. The Bertz CT molecular complexity index is 4220. The average molecular weight is 1110 g/mol. The molecule has 85 heavy (non-hydrogen) atoms. The summed E-state index contributed by atoms with van der Waals surface area (Å²) >= 11 is 0. The van der Waals surface area contributed by atoms with Crippen molar-refractivity contribution >= 4 is 96.1 Å². The van der Waals surface area contributed by atoms with Crippen LogP contribution in [0.25, 0.3) is 27.5 Å². The molecule has 0 spiro atoms. The monoisotopic (exact) mass is 1110 g/mol. The molecule has 3 heterocycles. The summed E-state index contributed by atoms with van der Waals surface area (Å²) in [7, 11) is 0. The van der Waals surface area contributed by atoms with Crippen LogP contribution in [-0.2, 0) is 27.1 Å². The van der Waals surface area contributed by atoms with Crippen LogP contribution in [0.5, 0.6) is 0 Å². The Morgan fingerprint density at radius 3 is 1.35 bits per heavy atom. The van der Waals surface area contributed by atoms with E-state index in [9.17, 15) is 0 Å². The zero-order valence-electron chi connectivity index (χ0n) is 52.3. The van der Waals surface area contributed by atoms with Gasteiger partial charge in [0.1, 0.15) is 0 Å². The van der Waals surface area contributed by atoms with Crippen molar-refractivity contribution in [2.75, 3.05) is 14.7 Å². The average Bonchev–Trinajstić information content (AvgIpc) is 1.30. The van der Waals surface area contributed by atoms with E-state index in [0.29, 0.717) is 0 Å². The maximum atomic E-state index is 2.74. The van der Waals surface area contributed by atoms with Crippen LogP contribution in [0.1, 0.15) is 149 Å². The van der Waals surface area contributed by atoms with Gasteiger partial charge >= 0.3 is 0 Å². The van der Waals surface area contributed by atoms with Crippen molar-refractivity contribution in [2.45, 2.75) is 149 Å². The number of hydrogen-bond donors (Lipinski definition) is 0.